The molecule has 0 rings (SSSR count). The van der Waals surface area contributed by atoms with Gasteiger partial charge in [0.25, 0.3) is 0 Å². The van der Waals surface area contributed by atoms with E-state index in [2.05, 4.69) is 19.1 Å². The van der Waals surface area contributed by atoms with Crippen molar-refractivity contribution in [2.45, 2.75) is 97.3 Å². The molecule has 1 unspecified atom stereocenters. The standard InChI is InChI=1S/C19H36O2/c1-3-4-5-6-7-8-9-10-11-12-13-14-15-16-17-18(2)19(20)21/h13-14,18H,3-12,15-17H2,1-2H3,(H,20,21)/b14-13-. The molecule has 0 saturated carbocycles. The van der Waals surface area contributed by atoms with Gasteiger partial charge in [0.1, 0.15) is 0 Å². The fourth-order valence-corrected chi connectivity index (χ4v) is 2.47. The normalized spacial score (nSPS) is 12.9. The van der Waals surface area contributed by atoms with Gasteiger partial charge in [-0.25, -0.2) is 0 Å². The number of hydrogen-bond acceptors (Lipinski definition) is 1. The zero-order valence-corrected chi connectivity index (χ0v) is 14.3. The molecule has 2 nitrogen and oxygen atoms in total. The minimum atomic E-state index is -0.673. The summed E-state index contributed by atoms with van der Waals surface area (Å²) in [4.78, 5) is 10.6. The van der Waals surface area contributed by atoms with Gasteiger partial charge in [0.15, 0.2) is 0 Å². The number of carboxylic acid groups (broad SMARTS) is 1. The first kappa shape index (κ1) is 20.2. The van der Waals surface area contributed by atoms with Crippen LogP contribution in [0.1, 0.15) is 97.3 Å². The molecule has 0 heterocycles. The van der Waals surface area contributed by atoms with Gasteiger partial charge in [0.05, 0.1) is 5.92 Å². The third-order valence-electron chi connectivity index (χ3n) is 4.07. The van der Waals surface area contributed by atoms with E-state index in [4.69, 9.17) is 5.11 Å². The van der Waals surface area contributed by atoms with Crippen LogP contribution >= 0.6 is 0 Å². The van der Waals surface area contributed by atoms with Crippen molar-refractivity contribution in [2.75, 3.05) is 0 Å². The molecule has 0 aromatic rings. The predicted molar refractivity (Wildman–Crippen MR) is 91.6 cm³/mol. The maximum atomic E-state index is 10.6. The largest absolute Gasteiger partial charge is 0.481 e. The van der Waals surface area contributed by atoms with Crippen LogP contribution in [0.15, 0.2) is 12.2 Å². The van der Waals surface area contributed by atoms with Gasteiger partial charge in [0, 0.05) is 0 Å². The molecule has 1 atom stereocenters. The van der Waals surface area contributed by atoms with E-state index in [0.717, 1.165) is 19.3 Å². The number of carboxylic acids is 1. The summed E-state index contributed by atoms with van der Waals surface area (Å²) in [7, 11) is 0. The van der Waals surface area contributed by atoms with E-state index in [0.29, 0.717) is 0 Å². The Bertz CT molecular complexity index is 258. The van der Waals surface area contributed by atoms with E-state index in [1.165, 1.54) is 64.2 Å². The van der Waals surface area contributed by atoms with Gasteiger partial charge in [-0.1, -0.05) is 77.4 Å². The Morgan fingerprint density at radius 2 is 1.33 bits per heavy atom. The van der Waals surface area contributed by atoms with Gasteiger partial charge in [0.2, 0.25) is 0 Å². The Labute approximate surface area is 132 Å². The van der Waals surface area contributed by atoms with Gasteiger partial charge in [-0.3, -0.25) is 4.79 Å². The van der Waals surface area contributed by atoms with E-state index in [1.807, 2.05) is 0 Å². The monoisotopic (exact) mass is 296 g/mol. The first-order chi connectivity index (χ1) is 10.2. The fourth-order valence-electron chi connectivity index (χ4n) is 2.47. The molecule has 0 aromatic carbocycles. The topological polar surface area (TPSA) is 37.3 Å². The highest BCUT2D eigenvalue weighted by Crippen LogP contribution is 2.11. The van der Waals surface area contributed by atoms with Gasteiger partial charge in [-0.2, -0.15) is 0 Å². The second kappa shape index (κ2) is 15.6. The van der Waals surface area contributed by atoms with E-state index in [1.54, 1.807) is 6.92 Å². The number of hydrogen-bond donors (Lipinski definition) is 1. The molecule has 0 aliphatic heterocycles. The summed E-state index contributed by atoms with van der Waals surface area (Å²) in [5, 5.41) is 8.77. The van der Waals surface area contributed by atoms with Crippen LogP contribution in [-0.4, -0.2) is 11.1 Å². The lowest BCUT2D eigenvalue weighted by Gasteiger charge is -2.03. The minimum absolute atomic E-state index is 0.198. The first-order valence-electron chi connectivity index (χ1n) is 9.06. The van der Waals surface area contributed by atoms with Crippen molar-refractivity contribution in [3.8, 4) is 0 Å². The summed E-state index contributed by atoms with van der Waals surface area (Å²) in [5.41, 5.74) is 0. The van der Waals surface area contributed by atoms with E-state index >= 15 is 0 Å². The molecule has 0 spiro atoms. The van der Waals surface area contributed by atoms with E-state index < -0.39 is 5.97 Å². The molecule has 124 valence electrons. The van der Waals surface area contributed by atoms with Crippen molar-refractivity contribution in [1.29, 1.82) is 0 Å². The minimum Gasteiger partial charge on any atom is -0.481 e. The van der Waals surface area contributed by atoms with Crippen molar-refractivity contribution in [1.82, 2.24) is 0 Å². The van der Waals surface area contributed by atoms with Gasteiger partial charge in [-0.15, -0.1) is 0 Å². The lowest BCUT2D eigenvalue weighted by Crippen LogP contribution is -2.08. The Morgan fingerprint density at radius 3 is 1.86 bits per heavy atom. The summed E-state index contributed by atoms with van der Waals surface area (Å²) in [6.07, 6.45) is 20.9. The van der Waals surface area contributed by atoms with Crippen LogP contribution in [0.4, 0.5) is 0 Å². The molecular formula is C19H36O2. The number of unbranched alkanes of at least 4 members (excludes halogenated alkanes) is 10. The molecule has 21 heavy (non-hydrogen) atoms. The summed E-state index contributed by atoms with van der Waals surface area (Å²) >= 11 is 0. The van der Waals surface area contributed by atoms with Crippen LogP contribution in [0.5, 0.6) is 0 Å². The van der Waals surface area contributed by atoms with Gasteiger partial charge >= 0.3 is 5.97 Å². The fraction of sp³-hybridized carbons (Fsp3) is 0.842. The molecule has 0 fully saturated rings. The maximum Gasteiger partial charge on any atom is 0.306 e. The lowest BCUT2D eigenvalue weighted by atomic mass is 10.0. The summed E-state index contributed by atoms with van der Waals surface area (Å²) in [6, 6.07) is 0. The zero-order chi connectivity index (χ0) is 15.8. The predicted octanol–water partition coefficient (Wildman–Crippen LogP) is 6.35. The third kappa shape index (κ3) is 15.4. The number of allylic oxidation sites excluding steroid dienone is 2. The van der Waals surface area contributed by atoms with Gasteiger partial charge in [-0.05, 0) is 32.1 Å². The molecule has 0 aliphatic rings. The average molecular weight is 296 g/mol. The smallest absolute Gasteiger partial charge is 0.306 e. The molecule has 0 amide bonds. The SMILES string of the molecule is CCCCCCCCCCC/C=C\CCCC(C)C(=O)O. The second-order valence-electron chi connectivity index (χ2n) is 6.26. The third-order valence-corrected chi connectivity index (χ3v) is 4.07. The lowest BCUT2D eigenvalue weighted by molar-refractivity contribution is -0.141. The molecule has 1 N–H and O–H groups in total. The Kier molecular flexibility index (Phi) is 15.0. The number of rotatable bonds is 15. The highest BCUT2D eigenvalue weighted by molar-refractivity contribution is 5.69. The first-order valence-corrected chi connectivity index (χ1v) is 9.06. The Balaban J connectivity index is 3.17. The average Bonchev–Trinajstić information content (AvgIpc) is 2.47. The van der Waals surface area contributed by atoms with Crippen LogP contribution in [0, 0.1) is 5.92 Å². The molecular weight excluding hydrogens is 260 g/mol. The molecule has 0 bridgehead atoms. The van der Waals surface area contributed by atoms with E-state index in [-0.39, 0.29) is 5.92 Å². The van der Waals surface area contributed by atoms with Crippen molar-refractivity contribution < 1.29 is 9.90 Å². The van der Waals surface area contributed by atoms with Crippen LogP contribution in [0.25, 0.3) is 0 Å². The van der Waals surface area contributed by atoms with Crippen LogP contribution in [0.2, 0.25) is 0 Å². The van der Waals surface area contributed by atoms with E-state index in [9.17, 15) is 4.79 Å². The summed E-state index contributed by atoms with van der Waals surface area (Å²) in [6.45, 7) is 4.05. The van der Waals surface area contributed by atoms with Crippen LogP contribution in [-0.2, 0) is 4.79 Å². The molecule has 2 heteroatoms. The Hall–Kier alpha value is -0.790. The maximum absolute atomic E-state index is 10.6. The van der Waals surface area contributed by atoms with Crippen molar-refractivity contribution in [3.05, 3.63) is 12.2 Å². The molecule has 0 saturated heterocycles. The summed E-state index contributed by atoms with van der Waals surface area (Å²) < 4.78 is 0. The van der Waals surface area contributed by atoms with Crippen molar-refractivity contribution in [3.63, 3.8) is 0 Å². The number of carbonyl (C=O) groups is 1. The Morgan fingerprint density at radius 1 is 0.857 bits per heavy atom. The van der Waals surface area contributed by atoms with Crippen LogP contribution < -0.4 is 0 Å². The zero-order valence-electron chi connectivity index (χ0n) is 14.3. The second-order valence-corrected chi connectivity index (χ2v) is 6.26. The van der Waals surface area contributed by atoms with Crippen molar-refractivity contribution in [2.24, 2.45) is 5.92 Å². The molecule has 0 aromatic heterocycles. The highest BCUT2D eigenvalue weighted by atomic mass is 16.4. The quantitative estimate of drug-likeness (QED) is 0.282. The van der Waals surface area contributed by atoms with Crippen LogP contribution in [0.3, 0.4) is 0 Å². The van der Waals surface area contributed by atoms with Gasteiger partial charge < -0.3 is 5.11 Å². The molecule has 0 aliphatic carbocycles. The van der Waals surface area contributed by atoms with Crippen molar-refractivity contribution >= 4 is 5.97 Å². The summed E-state index contributed by atoms with van der Waals surface area (Å²) in [5.74, 6) is -0.871. The highest BCUT2D eigenvalue weighted by Gasteiger charge is 2.08. The molecule has 0 radical (unpaired) electrons. The number of aliphatic carboxylic acids is 1.